The topological polar surface area (TPSA) is 60.0 Å². The van der Waals surface area contributed by atoms with Crippen molar-refractivity contribution in [1.29, 1.82) is 0 Å². The van der Waals surface area contributed by atoms with Crippen LogP contribution >= 0.6 is 0 Å². The van der Waals surface area contributed by atoms with Crippen LogP contribution in [0, 0.1) is 0 Å². The minimum Gasteiger partial charge on any atom is -0.357 e. The van der Waals surface area contributed by atoms with Crippen LogP contribution in [-0.2, 0) is 10.2 Å². The molecule has 1 saturated carbocycles. The summed E-state index contributed by atoms with van der Waals surface area (Å²) < 4.78 is 0. The summed E-state index contributed by atoms with van der Waals surface area (Å²) in [5.41, 5.74) is 1.62. The number of nitrogens with zero attached hydrogens (tertiary/aromatic N) is 3. The van der Waals surface area contributed by atoms with Crippen molar-refractivity contribution in [3.05, 3.63) is 35.9 Å². The number of benzene rings is 1. The lowest BCUT2D eigenvalue weighted by Crippen LogP contribution is -2.50. The molecule has 1 aliphatic carbocycles. The molecule has 2 N–H and O–H groups in total. The highest BCUT2D eigenvalue weighted by molar-refractivity contribution is 5.79. The summed E-state index contributed by atoms with van der Waals surface area (Å²) in [4.78, 5) is 20.8. The number of piperazine rings is 1. The standard InChI is InChI=1S/C23H37N5O/c1-3-24-22(25-13-14-27-15-17-28(18-16-27)20(2)29)26-19-23(11-7-8-12-23)21-9-5-4-6-10-21/h4-6,9-10H,3,7-8,11-19H2,1-2H3,(H2,24,25,26). The fraction of sp³-hybridized carbons (Fsp3) is 0.652. The molecule has 6 heteroatoms. The van der Waals surface area contributed by atoms with Gasteiger partial charge >= 0.3 is 0 Å². The molecular weight excluding hydrogens is 362 g/mol. The average Bonchev–Trinajstić information content (AvgIpc) is 3.23. The highest BCUT2D eigenvalue weighted by atomic mass is 16.2. The van der Waals surface area contributed by atoms with E-state index in [1.165, 1.54) is 31.2 Å². The number of carbonyl (C=O) groups is 1. The Kier molecular flexibility index (Phi) is 7.92. The van der Waals surface area contributed by atoms with Gasteiger partial charge in [0.05, 0.1) is 6.54 Å². The SMILES string of the molecule is CCNC(=NCC1(c2ccccc2)CCCC1)NCCN1CCN(C(C)=O)CC1. The van der Waals surface area contributed by atoms with E-state index in [-0.39, 0.29) is 11.3 Å². The number of nitrogens with one attached hydrogen (secondary N) is 2. The Hall–Kier alpha value is -2.08. The number of carbonyl (C=O) groups excluding carboxylic acids is 1. The maximum atomic E-state index is 11.5. The minimum atomic E-state index is 0.184. The molecule has 2 aliphatic rings. The molecule has 0 aromatic heterocycles. The first-order valence-corrected chi connectivity index (χ1v) is 11.2. The summed E-state index contributed by atoms with van der Waals surface area (Å²) in [5.74, 6) is 1.10. The molecule has 1 aliphatic heterocycles. The van der Waals surface area contributed by atoms with E-state index in [9.17, 15) is 4.79 Å². The third kappa shape index (κ3) is 5.95. The lowest BCUT2D eigenvalue weighted by Gasteiger charge is -2.34. The Morgan fingerprint density at radius 2 is 1.76 bits per heavy atom. The number of rotatable bonds is 7. The van der Waals surface area contributed by atoms with Crippen LogP contribution in [0.4, 0.5) is 0 Å². The summed E-state index contributed by atoms with van der Waals surface area (Å²) in [6.45, 7) is 10.9. The van der Waals surface area contributed by atoms with Gasteiger partial charge < -0.3 is 15.5 Å². The number of guanidine groups is 1. The molecule has 3 rings (SSSR count). The average molecular weight is 400 g/mol. The highest BCUT2D eigenvalue weighted by Crippen LogP contribution is 2.41. The monoisotopic (exact) mass is 399 g/mol. The third-order valence-corrected chi connectivity index (χ3v) is 6.37. The van der Waals surface area contributed by atoms with Crippen molar-refractivity contribution >= 4 is 11.9 Å². The van der Waals surface area contributed by atoms with Gasteiger partial charge in [0, 0.05) is 58.2 Å². The molecule has 2 fully saturated rings. The quantitative estimate of drug-likeness (QED) is 0.545. The van der Waals surface area contributed by atoms with Crippen molar-refractivity contribution in [3.8, 4) is 0 Å². The molecule has 1 aromatic rings. The molecule has 0 atom stereocenters. The van der Waals surface area contributed by atoms with Gasteiger partial charge in [-0.05, 0) is 25.3 Å². The van der Waals surface area contributed by atoms with Gasteiger partial charge in [0.2, 0.25) is 5.91 Å². The van der Waals surface area contributed by atoms with Gasteiger partial charge in [-0.3, -0.25) is 14.7 Å². The van der Waals surface area contributed by atoms with Crippen molar-refractivity contribution in [3.63, 3.8) is 0 Å². The maximum Gasteiger partial charge on any atom is 0.219 e. The second-order valence-corrected chi connectivity index (χ2v) is 8.32. The smallest absolute Gasteiger partial charge is 0.219 e. The number of hydrogen-bond donors (Lipinski definition) is 2. The maximum absolute atomic E-state index is 11.5. The van der Waals surface area contributed by atoms with Crippen LogP contribution in [0.15, 0.2) is 35.3 Å². The van der Waals surface area contributed by atoms with E-state index in [1.54, 1.807) is 6.92 Å². The minimum absolute atomic E-state index is 0.184. The van der Waals surface area contributed by atoms with Gasteiger partial charge in [0.15, 0.2) is 5.96 Å². The van der Waals surface area contributed by atoms with Crippen molar-refractivity contribution < 1.29 is 4.79 Å². The molecule has 6 nitrogen and oxygen atoms in total. The second kappa shape index (κ2) is 10.6. The highest BCUT2D eigenvalue weighted by Gasteiger charge is 2.35. The molecule has 160 valence electrons. The fourth-order valence-corrected chi connectivity index (χ4v) is 4.57. The van der Waals surface area contributed by atoms with Crippen LogP contribution in [0.3, 0.4) is 0 Å². The third-order valence-electron chi connectivity index (χ3n) is 6.37. The predicted molar refractivity (Wildman–Crippen MR) is 119 cm³/mol. The summed E-state index contributed by atoms with van der Waals surface area (Å²) >= 11 is 0. The number of aliphatic imine (C=N–C) groups is 1. The van der Waals surface area contributed by atoms with Gasteiger partial charge in [0.1, 0.15) is 0 Å². The molecule has 0 bridgehead atoms. The van der Waals surface area contributed by atoms with Crippen molar-refractivity contribution in [2.24, 2.45) is 4.99 Å². The van der Waals surface area contributed by atoms with E-state index in [4.69, 9.17) is 4.99 Å². The summed E-state index contributed by atoms with van der Waals surface area (Å²) in [6, 6.07) is 10.9. The van der Waals surface area contributed by atoms with Gasteiger partial charge in [0.25, 0.3) is 0 Å². The molecule has 0 unspecified atom stereocenters. The Labute approximate surface area is 175 Å². The zero-order chi connectivity index (χ0) is 20.5. The van der Waals surface area contributed by atoms with Crippen LogP contribution in [-0.4, -0.2) is 74.0 Å². The van der Waals surface area contributed by atoms with Crippen LogP contribution < -0.4 is 10.6 Å². The van der Waals surface area contributed by atoms with E-state index < -0.39 is 0 Å². The zero-order valence-corrected chi connectivity index (χ0v) is 18.1. The van der Waals surface area contributed by atoms with Crippen LogP contribution in [0.2, 0.25) is 0 Å². The molecule has 0 spiro atoms. The molecule has 29 heavy (non-hydrogen) atoms. The van der Waals surface area contributed by atoms with Gasteiger partial charge in [-0.1, -0.05) is 43.2 Å². The van der Waals surface area contributed by atoms with Crippen LogP contribution in [0.5, 0.6) is 0 Å². The molecule has 0 radical (unpaired) electrons. The molecule has 1 saturated heterocycles. The Morgan fingerprint density at radius 3 is 2.38 bits per heavy atom. The fourth-order valence-electron chi connectivity index (χ4n) is 4.57. The molecule has 1 aromatic carbocycles. The first-order valence-electron chi connectivity index (χ1n) is 11.2. The lowest BCUT2D eigenvalue weighted by atomic mass is 9.79. The first kappa shape index (κ1) is 21.6. The van der Waals surface area contributed by atoms with Gasteiger partial charge in [-0.2, -0.15) is 0 Å². The zero-order valence-electron chi connectivity index (χ0n) is 18.1. The summed E-state index contributed by atoms with van der Waals surface area (Å²) in [6.07, 6.45) is 5.03. The Bertz CT molecular complexity index is 661. The van der Waals surface area contributed by atoms with Gasteiger partial charge in [-0.15, -0.1) is 0 Å². The van der Waals surface area contributed by atoms with E-state index >= 15 is 0 Å². The number of hydrogen-bond acceptors (Lipinski definition) is 3. The van der Waals surface area contributed by atoms with E-state index in [0.717, 1.165) is 58.3 Å². The Balaban J connectivity index is 1.52. The van der Waals surface area contributed by atoms with Crippen molar-refractivity contribution in [2.45, 2.75) is 44.9 Å². The van der Waals surface area contributed by atoms with Crippen molar-refractivity contribution in [1.82, 2.24) is 20.4 Å². The second-order valence-electron chi connectivity index (χ2n) is 8.32. The lowest BCUT2D eigenvalue weighted by molar-refractivity contribution is -0.130. The van der Waals surface area contributed by atoms with Gasteiger partial charge in [-0.25, -0.2) is 0 Å². The Morgan fingerprint density at radius 1 is 1.07 bits per heavy atom. The summed E-state index contributed by atoms with van der Waals surface area (Å²) in [7, 11) is 0. The normalized spacial score (nSPS) is 19.9. The van der Waals surface area contributed by atoms with E-state index in [2.05, 4.69) is 52.8 Å². The molecule has 1 amide bonds. The van der Waals surface area contributed by atoms with Crippen LogP contribution in [0.1, 0.15) is 45.1 Å². The summed E-state index contributed by atoms with van der Waals surface area (Å²) in [5, 5.41) is 6.91. The molecular formula is C23H37N5O. The molecule has 1 heterocycles. The van der Waals surface area contributed by atoms with Crippen LogP contribution in [0.25, 0.3) is 0 Å². The van der Waals surface area contributed by atoms with Crippen molar-refractivity contribution in [2.75, 3.05) is 52.4 Å². The van der Waals surface area contributed by atoms with E-state index in [0.29, 0.717) is 0 Å². The number of amides is 1. The van der Waals surface area contributed by atoms with E-state index in [1.807, 2.05) is 4.90 Å². The largest absolute Gasteiger partial charge is 0.357 e. The predicted octanol–water partition coefficient (Wildman–Crippen LogP) is 2.22. The first-order chi connectivity index (χ1) is 14.1.